The molecule has 3 heteroatoms. The molecule has 1 saturated heterocycles. The van der Waals surface area contributed by atoms with E-state index in [4.69, 9.17) is 0 Å². The first-order chi connectivity index (χ1) is 7.90. The second kappa shape index (κ2) is 6.45. The third-order valence-corrected chi connectivity index (χ3v) is 4.77. The molecule has 16 heavy (non-hydrogen) atoms. The van der Waals surface area contributed by atoms with Crippen LogP contribution in [-0.4, -0.2) is 23.3 Å². The third-order valence-electron chi connectivity index (χ3n) is 2.77. The van der Waals surface area contributed by atoms with Crippen LogP contribution in [0, 0.1) is 0 Å². The van der Waals surface area contributed by atoms with Crippen molar-refractivity contribution in [2.45, 2.75) is 30.7 Å². The van der Waals surface area contributed by atoms with Crippen molar-refractivity contribution < 1.29 is 0 Å². The lowest BCUT2D eigenvalue weighted by Crippen LogP contribution is -2.24. The maximum atomic E-state index is 3.70. The van der Waals surface area contributed by atoms with Gasteiger partial charge in [0.05, 0.1) is 0 Å². The van der Waals surface area contributed by atoms with Gasteiger partial charge in [-0.3, -0.25) is 0 Å². The molecule has 0 saturated carbocycles. The van der Waals surface area contributed by atoms with Gasteiger partial charge in [-0.1, -0.05) is 19.1 Å². The molecule has 1 aromatic rings. The average molecular weight is 253 g/mol. The standard InChI is InChI=1S/C13H19NS2/c1-2-16-13-6-4-3-5-12(13)14-11-7-9-15-10-8-11/h3-6,11,14H,2,7-10H2,1H3. The smallest absolute Gasteiger partial charge is 0.0480 e. The van der Waals surface area contributed by atoms with E-state index in [0.717, 1.165) is 5.75 Å². The fourth-order valence-corrected chi connectivity index (χ4v) is 3.80. The van der Waals surface area contributed by atoms with Crippen molar-refractivity contribution in [2.75, 3.05) is 22.6 Å². The van der Waals surface area contributed by atoms with Crippen molar-refractivity contribution in [2.24, 2.45) is 0 Å². The molecule has 2 rings (SSSR count). The maximum Gasteiger partial charge on any atom is 0.0480 e. The molecular formula is C13H19NS2. The van der Waals surface area contributed by atoms with Crippen LogP contribution in [-0.2, 0) is 0 Å². The fraction of sp³-hybridized carbons (Fsp3) is 0.538. The van der Waals surface area contributed by atoms with Gasteiger partial charge in [-0.15, -0.1) is 11.8 Å². The van der Waals surface area contributed by atoms with Crippen LogP contribution in [0.3, 0.4) is 0 Å². The van der Waals surface area contributed by atoms with Crippen LogP contribution >= 0.6 is 23.5 Å². The molecule has 0 spiro atoms. The van der Waals surface area contributed by atoms with E-state index in [1.165, 1.54) is 34.9 Å². The van der Waals surface area contributed by atoms with Crippen LogP contribution in [0.1, 0.15) is 19.8 Å². The van der Waals surface area contributed by atoms with E-state index in [1.807, 2.05) is 11.8 Å². The summed E-state index contributed by atoms with van der Waals surface area (Å²) in [5.74, 6) is 3.75. The summed E-state index contributed by atoms with van der Waals surface area (Å²) >= 11 is 4.00. The Hall–Kier alpha value is -0.280. The lowest BCUT2D eigenvalue weighted by Gasteiger charge is -2.24. The van der Waals surface area contributed by atoms with Gasteiger partial charge >= 0.3 is 0 Å². The van der Waals surface area contributed by atoms with Gasteiger partial charge in [0.1, 0.15) is 0 Å². The van der Waals surface area contributed by atoms with Crippen molar-refractivity contribution in [3.8, 4) is 0 Å². The average Bonchev–Trinajstić information content (AvgIpc) is 2.33. The minimum atomic E-state index is 0.680. The third kappa shape index (κ3) is 3.36. The van der Waals surface area contributed by atoms with Crippen molar-refractivity contribution >= 4 is 29.2 Å². The highest BCUT2D eigenvalue weighted by Gasteiger charge is 2.14. The van der Waals surface area contributed by atoms with E-state index in [2.05, 4.69) is 48.3 Å². The topological polar surface area (TPSA) is 12.0 Å². The van der Waals surface area contributed by atoms with Gasteiger partial charge in [0.25, 0.3) is 0 Å². The number of para-hydroxylation sites is 1. The first kappa shape index (κ1) is 12.2. The van der Waals surface area contributed by atoms with Crippen LogP contribution in [0.4, 0.5) is 5.69 Å². The molecule has 0 radical (unpaired) electrons. The summed E-state index contributed by atoms with van der Waals surface area (Å²) in [6.45, 7) is 2.21. The number of hydrogen-bond donors (Lipinski definition) is 1. The van der Waals surface area contributed by atoms with Gasteiger partial charge in [0.15, 0.2) is 0 Å². The van der Waals surface area contributed by atoms with E-state index >= 15 is 0 Å². The summed E-state index contributed by atoms with van der Waals surface area (Å²) in [5, 5.41) is 3.70. The van der Waals surface area contributed by atoms with Crippen molar-refractivity contribution in [3.05, 3.63) is 24.3 Å². The molecule has 0 unspecified atom stereocenters. The molecule has 1 aromatic carbocycles. The molecule has 1 aliphatic heterocycles. The summed E-state index contributed by atoms with van der Waals surface area (Å²) < 4.78 is 0. The predicted molar refractivity (Wildman–Crippen MR) is 76.8 cm³/mol. The monoisotopic (exact) mass is 253 g/mol. The molecule has 88 valence electrons. The maximum absolute atomic E-state index is 3.70. The number of benzene rings is 1. The Morgan fingerprint density at radius 2 is 2.06 bits per heavy atom. The minimum Gasteiger partial charge on any atom is -0.381 e. The van der Waals surface area contributed by atoms with Crippen molar-refractivity contribution in [3.63, 3.8) is 0 Å². The van der Waals surface area contributed by atoms with Crippen molar-refractivity contribution in [1.82, 2.24) is 0 Å². The summed E-state index contributed by atoms with van der Waals surface area (Å²) in [5.41, 5.74) is 1.33. The van der Waals surface area contributed by atoms with Crippen LogP contribution in [0.5, 0.6) is 0 Å². The van der Waals surface area contributed by atoms with Crippen LogP contribution in [0.25, 0.3) is 0 Å². The molecule has 0 aromatic heterocycles. The number of thioether (sulfide) groups is 2. The molecule has 1 fully saturated rings. The van der Waals surface area contributed by atoms with Crippen molar-refractivity contribution in [1.29, 1.82) is 0 Å². The first-order valence-electron chi connectivity index (χ1n) is 5.96. The van der Waals surface area contributed by atoms with Gasteiger partial charge in [-0.2, -0.15) is 11.8 Å². The Balaban J connectivity index is 2.01. The Bertz CT molecular complexity index is 321. The normalized spacial score (nSPS) is 17.3. The van der Waals surface area contributed by atoms with Gasteiger partial charge in [0.2, 0.25) is 0 Å². The molecular weight excluding hydrogens is 234 g/mol. The summed E-state index contributed by atoms with van der Waals surface area (Å²) in [6.07, 6.45) is 2.60. The molecule has 0 atom stereocenters. The number of nitrogens with one attached hydrogen (secondary N) is 1. The van der Waals surface area contributed by atoms with Crippen LogP contribution in [0.2, 0.25) is 0 Å². The minimum absolute atomic E-state index is 0.680. The Labute approximate surface area is 107 Å². The second-order valence-corrected chi connectivity index (χ2v) is 6.49. The van der Waals surface area contributed by atoms with E-state index in [-0.39, 0.29) is 0 Å². The first-order valence-corrected chi connectivity index (χ1v) is 8.10. The molecule has 1 aliphatic rings. The molecule has 1 heterocycles. The van der Waals surface area contributed by atoms with E-state index in [9.17, 15) is 0 Å². The predicted octanol–water partition coefficient (Wildman–Crippen LogP) is 4.11. The number of hydrogen-bond acceptors (Lipinski definition) is 3. The zero-order valence-corrected chi connectivity index (χ0v) is 11.4. The second-order valence-electron chi connectivity index (χ2n) is 3.96. The highest BCUT2D eigenvalue weighted by Crippen LogP contribution is 2.29. The van der Waals surface area contributed by atoms with Gasteiger partial charge in [-0.05, 0) is 42.2 Å². The van der Waals surface area contributed by atoms with Gasteiger partial charge in [-0.25, -0.2) is 0 Å². The summed E-state index contributed by atoms with van der Waals surface area (Å²) in [6, 6.07) is 9.35. The van der Waals surface area contributed by atoms with E-state index < -0.39 is 0 Å². The Morgan fingerprint density at radius 3 is 2.81 bits per heavy atom. The molecule has 1 nitrogen and oxygen atoms in total. The van der Waals surface area contributed by atoms with Gasteiger partial charge in [0, 0.05) is 16.6 Å². The fourth-order valence-electron chi connectivity index (χ4n) is 1.93. The Morgan fingerprint density at radius 1 is 1.31 bits per heavy atom. The zero-order chi connectivity index (χ0) is 11.2. The summed E-state index contributed by atoms with van der Waals surface area (Å²) in [7, 11) is 0. The quantitative estimate of drug-likeness (QED) is 0.811. The van der Waals surface area contributed by atoms with Crippen LogP contribution in [0.15, 0.2) is 29.2 Å². The Kier molecular flexibility index (Phi) is 4.91. The van der Waals surface area contributed by atoms with E-state index in [0.29, 0.717) is 6.04 Å². The largest absolute Gasteiger partial charge is 0.381 e. The lowest BCUT2D eigenvalue weighted by molar-refractivity contribution is 0.665. The number of anilines is 1. The van der Waals surface area contributed by atoms with E-state index in [1.54, 1.807) is 0 Å². The SMILES string of the molecule is CCSc1ccccc1NC1CCSCC1. The molecule has 1 N–H and O–H groups in total. The van der Waals surface area contributed by atoms with Crippen LogP contribution < -0.4 is 5.32 Å². The molecule has 0 bridgehead atoms. The van der Waals surface area contributed by atoms with Gasteiger partial charge < -0.3 is 5.32 Å². The zero-order valence-electron chi connectivity index (χ0n) is 9.74. The highest BCUT2D eigenvalue weighted by atomic mass is 32.2. The number of rotatable bonds is 4. The summed E-state index contributed by atoms with van der Waals surface area (Å²) in [4.78, 5) is 1.39. The highest BCUT2D eigenvalue weighted by molar-refractivity contribution is 7.99. The molecule has 0 amide bonds. The lowest BCUT2D eigenvalue weighted by atomic mass is 10.1. The molecule has 0 aliphatic carbocycles.